The third-order valence-corrected chi connectivity index (χ3v) is 1.62. The van der Waals surface area contributed by atoms with Gasteiger partial charge in [-0.1, -0.05) is 0 Å². The van der Waals surface area contributed by atoms with Gasteiger partial charge in [-0.3, -0.25) is 0 Å². The highest BCUT2D eigenvalue weighted by molar-refractivity contribution is 4.87. The predicted octanol–water partition coefficient (Wildman–Crippen LogP) is -0.785. The van der Waals surface area contributed by atoms with Crippen molar-refractivity contribution in [3.8, 4) is 0 Å². The van der Waals surface area contributed by atoms with E-state index in [1.165, 1.54) is 0 Å². The van der Waals surface area contributed by atoms with E-state index in [0.29, 0.717) is 6.54 Å². The van der Waals surface area contributed by atoms with Crippen molar-refractivity contribution in [2.75, 3.05) is 6.54 Å². The summed E-state index contributed by atoms with van der Waals surface area (Å²) >= 11 is 0. The highest BCUT2D eigenvalue weighted by Crippen LogP contribution is 1.97. The van der Waals surface area contributed by atoms with E-state index in [0.717, 1.165) is 11.6 Å². The second kappa shape index (κ2) is 3.64. The van der Waals surface area contributed by atoms with E-state index in [-0.39, 0.29) is 6.54 Å². The Balaban J connectivity index is 2.68. The molecule has 1 atom stereocenters. The lowest BCUT2D eigenvalue weighted by molar-refractivity contribution is 0.156. The van der Waals surface area contributed by atoms with Crippen molar-refractivity contribution < 1.29 is 5.11 Å². The van der Waals surface area contributed by atoms with Gasteiger partial charge in [0.05, 0.1) is 12.6 Å². The van der Waals surface area contributed by atoms with E-state index in [2.05, 4.69) is 10.1 Å². The van der Waals surface area contributed by atoms with Crippen LogP contribution in [0.25, 0.3) is 0 Å². The molecule has 0 saturated carbocycles. The van der Waals surface area contributed by atoms with Crippen molar-refractivity contribution in [1.29, 1.82) is 0 Å². The van der Waals surface area contributed by atoms with Crippen molar-refractivity contribution in [3.05, 3.63) is 11.6 Å². The molecule has 0 aliphatic carbocycles. The number of aromatic nitrogens is 3. The van der Waals surface area contributed by atoms with Crippen molar-refractivity contribution in [2.45, 2.75) is 26.5 Å². The van der Waals surface area contributed by atoms with Gasteiger partial charge in [-0.2, -0.15) is 5.10 Å². The smallest absolute Gasteiger partial charge is 0.147 e. The summed E-state index contributed by atoms with van der Waals surface area (Å²) < 4.78 is 1.66. The zero-order valence-electron chi connectivity index (χ0n) is 7.36. The fourth-order valence-corrected chi connectivity index (χ4v) is 1.01. The maximum Gasteiger partial charge on any atom is 0.147 e. The molecule has 1 aromatic rings. The van der Waals surface area contributed by atoms with Gasteiger partial charge >= 0.3 is 0 Å². The van der Waals surface area contributed by atoms with Crippen LogP contribution in [0, 0.1) is 13.8 Å². The number of rotatable bonds is 3. The summed E-state index contributed by atoms with van der Waals surface area (Å²) in [6.07, 6.45) is -0.537. The SMILES string of the molecule is Cc1nc(C)n(C[C@H](O)CN)n1. The molecule has 5 nitrogen and oxygen atoms in total. The highest BCUT2D eigenvalue weighted by Gasteiger charge is 2.06. The van der Waals surface area contributed by atoms with E-state index in [1.807, 2.05) is 13.8 Å². The number of hydrogen-bond donors (Lipinski definition) is 2. The zero-order valence-corrected chi connectivity index (χ0v) is 7.36. The fraction of sp³-hybridized carbons (Fsp3) is 0.714. The highest BCUT2D eigenvalue weighted by atomic mass is 16.3. The molecule has 0 radical (unpaired) electrons. The van der Waals surface area contributed by atoms with E-state index >= 15 is 0 Å². The van der Waals surface area contributed by atoms with Crippen molar-refractivity contribution in [3.63, 3.8) is 0 Å². The molecule has 0 amide bonds. The lowest BCUT2D eigenvalue weighted by Crippen LogP contribution is -2.26. The van der Waals surface area contributed by atoms with E-state index in [1.54, 1.807) is 4.68 Å². The molecule has 3 N–H and O–H groups in total. The normalized spacial score (nSPS) is 13.3. The molecular formula is C7H14N4O. The van der Waals surface area contributed by atoms with Gasteiger partial charge in [0.2, 0.25) is 0 Å². The lowest BCUT2D eigenvalue weighted by atomic mass is 10.3. The number of nitrogens with zero attached hydrogens (tertiary/aromatic N) is 3. The molecule has 1 aromatic heterocycles. The molecule has 0 fully saturated rings. The number of hydrogen-bond acceptors (Lipinski definition) is 4. The van der Waals surface area contributed by atoms with Gasteiger partial charge in [0.15, 0.2) is 0 Å². The average molecular weight is 170 g/mol. The molecule has 12 heavy (non-hydrogen) atoms. The lowest BCUT2D eigenvalue weighted by Gasteiger charge is -2.07. The molecule has 0 saturated heterocycles. The van der Waals surface area contributed by atoms with Gasteiger partial charge in [-0.25, -0.2) is 9.67 Å². The standard InChI is InChI=1S/C7H14N4O/c1-5-9-6(2)11(10-5)4-7(12)3-8/h7,12H,3-4,8H2,1-2H3/t7-/m1/s1. The molecule has 0 spiro atoms. The Hall–Kier alpha value is -0.940. The van der Waals surface area contributed by atoms with Gasteiger partial charge in [0, 0.05) is 6.54 Å². The Bertz CT molecular complexity index is 258. The minimum Gasteiger partial charge on any atom is -0.390 e. The van der Waals surface area contributed by atoms with E-state index in [4.69, 9.17) is 5.73 Å². The van der Waals surface area contributed by atoms with Crippen LogP contribution in [-0.4, -0.2) is 32.5 Å². The molecule has 1 rings (SSSR count). The Morgan fingerprint density at radius 3 is 2.67 bits per heavy atom. The summed E-state index contributed by atoms with van der Waals surface area (Å²) in [5.74, 6) is 1.52. The van der Waals surface area contributed by atoms with E-state index < -0.39 is 6.10 Å². The first-order valence-corrected chi connectivity index (χ1v) is 3.89. The third kappa shape index (κ3) is 2.02. The van der Waals surface area contributed by atoms with Crippen LogP contribution in [0.5, 0.6) is 0 Å². The average Bonchev–Trinajstić information content (AvgIpc) is 2.30. The minimum absolute atomic E-state index is 0.248. The first kappa shape index (κ1) is 9.15. The number of aryl methyl sites for hydroxylation is 2. The summed E-state index contributed by atoms with van der Waals surface area (Å²) in [4.78, 5) is 4.10. The molecule has 0 unspecified atom stereocenters. The van der Waals surface area contributed by atoms with Gasteiger partial charge in [0.25, 0.3) is 0 Å². The zero-order chi connectivity index (χ0) is 9.14. The molecular weight excluding hydrogens is 156 g/mol. The first-order valence-electron chi connectivity index (χ1n) is 3.89. The molecule has 0 aromatic carbocycles. The number of aliphatic hydroxyl groups is 1. The third-order valence-electron chi connectivity index (χ3n) is 1.62. The Kier molecular flexibility index (Phi) is 2.78. The maximum absolute atomic E-state index is 9.23. The first-order chi connectivity index (χ1) is 5.63. The molecule has 0 bridgehead atoms. The van der Waals surface area contributed by atoms with Crippen molar-refractivity contribution in [1.82, 2.24) is 14.8 Å². The molecule has 0 aliphatic heterocycles. The molecule has 68 valence electrons. The summed E-state index contributed by atoms with van der Waals surface area (Å²) in [5.41, 5.74) is 5.27. The Morgan fingerprint density at radius 2 is 2.25 bits per heavy atom. The topological polar surface area (TPSA) is 77.0 Å². The van der Waals surface area contributed by atoms with Crippen LogP contribution >= 0.6 is 0 Å². The number of nitrogens with two attached hydrogens (primary N) is 1. The van der Waals surface area contributed by atoms with Gasteiger partial charge < -0.3 is 10.8 Å². The monoisotopic (exact) mass is 170 g/mol. The van der Waals surface area contributed by atoms with Crippen molar-refractivity contribution in [2.24, 2.45) is 5.73 Å². The van der Waals surface area contributed by atoms with Gasteiger partial charge in [-0.05, 0) is 13.8 Å². The van der Waals surface area contributed by atoms with Crippen LogP contribution in [-0.2, 0) is 6.54 Å². The second-order valence-corrected chi connectivity index (χ2v) is 2.78. The van der Waals surface area contributed by atoms with Crippen molar-refractivity contribution >= 4 is 0 Å². The summed E-state index contributed by atoms with van der Waals surface area (Å²) in [5, 5.41) is 13.3. The molecule has 5 heteroatoms. The summed E-state index contributed by atoms with van der Waals surface area (Å²) in [6, 6.07) is 0. The summed E-state index contributed by atoms with van der Waals surface area (Å²) in [7, 11) is 0. The largest absolute Gasteiger partial charge is 0.390 e. The Labute approximate surface area is 71.2 Å². The minimum atomic E-state index is -0.537. The second-order valence-electron chi connectivity index (χ2n) is 2.78. The van der Waals surface area contributed by atoms with Crippen LogP contribution in [0.15, 0.2) is 0 Å². The van der Waals surface area contributed by atoms with Gasteiger partial charge in [-0.15, -0.1) is 0 Å². The Morgan fingerprint density at radius 1 is 1.58 bits per heavy atom. The number of aliphatic hydroxyl groups excluding tert-OH is 1. The quantitative estimate of drug-likeness (QED) is 0.623. The van der Waals surface area contributed by atoms with Gasteiger partial charge in [0.1, 0.15) is 11.6 Å². The van der Waals surface area contributed by atoms with Crippen LogP contribution < -0.4 is 5.73 Å². The van der Waals surface area contributed by atoms with Crippen LogP contribution in [0.2, 0.25) is 0 Å². The predicted molar refractivity (Wildman–Crippen MR) is 44.6 cm³/mol. The van der Waals surface area contributed by atoms with E-state index in [9.17, 15) is 5.11 Å². The van der Waals surface area contributed by atoms with Crippen LogP contribution in [0.1, 0.15) is 11.6 Å². The maximum atomic E-state index is 9.23. The fourth-order valence-electron chi connectivity index (χ4n) is 1.01. The summed E-state index contributed by atoms with van der Waals surface area (Å²) in [6.45, 7) is 4.34. The molecule has 0 aliphatic rings. The van der Waals surface area contributed by atoms with Crippen LogP contribution in [0.4, 0.5) is 0 Å². The van der Waals surface area contributed by atoms with Crippen LogP contribution in [0.3, 0.4) is 0 Å². The molecule has 1 heterocycles.